The van der Waals surface area contributed by atoms with Crippen LogP contribution in [0.2, 0.25) is 0 Å². The first-order chi connectivity index (χ1) is 10.8. The first-order valence-electron chi connectivity index (χ1n) is 7.21. The van der Waals surface area contributed by atoms with E-state index in [1.165, 1.54) is 10.9 Å². The second kappa shape index (κ2) is 5.15. The zero-order chi connectivity index (χ0) is 14.9. The molecule has 0 N–H and O–H groups in total. The third-order valence-electron chi connectivity index (χ3n) is 3.89. The maximum absolute atomic E-state index is 6.00. The quantitative estimate of drug-likeness (QED) is 0.571. The number of para-hydroxylation sites is 1. The second-order valence-electron chi connectivity index (χ2n) is 5.27. The number of rotatable bonds is 3. The van der Waals surface area contributed by atoms with Gasteiger partial charge in [-0.1, -0.05) is 18.2 Å². The third-order valence-corrected chi connectivity index (χ3v) is 3.89. The van der Waals surface area contributed by atoms with Gasteiger partial charge < -0.3 is 8.98 Å². The molecule has 0 atom stereocenters. The van der Waals surface area contributed by atoms with Crippen molar-refractivity contribution < 1.29 is 4.42 Å². The molecule has 0 fully saturated rings. The van der Waals surface area contributed by atoms with Gasteiger partial charge in [-0.05, 0) is 25.1 Å². The number of imidazole rings is 1. The zero-order valence-electron chi connectivity index (χ0n) is 12.2. The van der Waals surface area contributed by atoms with Gasteiger partial charge in [0.1, 0.15) is 17.2 Å². The fourth-order valence-corrected chi connectivity index (χ4v) is 2.72. The standard InChI is InChI=1S/C18H15N3O/c1-13-15-6-2-3-7-16(15)22-17(13)12-21-10-9-20-18(21)14-5-4-8-19-11-14/h2-11H,12H2,1H3. The summed E-state index contributed by atoms with van der Waals surface area (Å²) in [6.45, 7) is 2.76. The highest BCUT2D eigenvalue weighted by Gasteiger charge is 2.13. The Labute approximate surface area is 128 Å². The van der Waals surface area contributed by atoms with E-state index in [0.29, 0.717) is 6.54 Å². The summed E-state index contributed by atoms with van der Waals surface area (Å²) in [5.41, 5.74) is 3.11. The summed E-state index contributed by atoms with van der Waals surface area (Å²) < 4.78 is 8.08. The van der Waals surface area contributed by atoms with E-state index in [9.17, 15) is 0 Å². The van der Waals surface area contributed by atoms with E-state index in [1.54, 1.807) is 12.4 Å². The van der Waals surface area contributed by atoms with E-state index < -0.39 is 0 Å². The zero-order valence-corrected chi connectivity index (χ0v) is 12.2. The molecule has 3 heterocycles. The van der Waals surface area contributed by atoms with Crippen LogP contribution in [0.15, 0.2) is 65.6 Å². The second-order valence-corrected chi connectivity index (χ2v) is 5.27. The van der Waals surface area contributed by atoms with Crippen molar-refractivity contribution in [2.75, 3.05) is 0 Å². The summed E-state index contributed by atoms with van der Waals surface area (Å²) in [7, 11) is 0. The Kier molecular flexibility index (Phi) is 3.00. The average molecular weight is 289 g/mol. The van der Waals surface area contributed by atoms with Gasteiger partial charge in [-0.2, -0.15) is 0 Å². The molecule has 3 aromatic heterocycles. The molecule has 0 amide bonds. The van der Waals surface area contributed by atoms with Crippen LogP contribution in [0.3, 0.4) is 0 Å². The van der Waals surface area contributed by atoms with Crippen molar-refractivity contribution >= 4 is 11.0 Å². The van der Waals surface area contributed by atoms with Crippen molar-refractivity contribution in [1.82, 2.24) is 14.5 Å². The number of aromatic nitrogens is 3. The molecule has 0 saturated heterocycles. The lowest BCUT2D eigenvalue weighted by atomic mass is 10.1. The van der Waals surface area contributed by atoms with Gasteiger partial charge in [-0.15, -0.1) is 0 Å². The molecule has 4 rings (SSSR count). The van der Waals surface area contributed by atoms with Crippen LogP contribution in [-0.4, -0.2) is 14.5 Å². The fourth-order valence-electron chi connectivity index (χ4n) is 2.72. The number of fused-ring (bicyclic) bond motifs is 1. The van der Waals surface area contributed by atoms with Crippen LogP contribution in [0, 0.1) is 6.92 Å². The van der Waals surface area contributed by atoms with Crippen LogP contribution in [-0.2, 0) is 6.54 Å². The molecule has 22 heavy (non-hydrogen) atoms. The Bertz CT molecular complexity index is 922. The van der Waals surface area contributed by atoms with Gasteiger partial charge in [-0.3, -0.25) is 4.98 Å². The molecule has 0 spiro atoms. The molecule has 0 bridgehead atoms. The predicted octanol–water partition coefficient (Wildman–Crippen LogP) is 4.05. The van der Waals surface area contributed by atoms with Crippen LogP contribution in [0.5, 0.6) is 0 Å². The normalized spacial score (nSPS) is 11.1. The van der Waals surface area contributed by atoms with Crippen molar-refractivity contribution in [1.29, 1.82) is 0 Å². The number of benzene rings is 1. The Morgan fingerprint density at radius 1 is 1.09 bits per heavy atom. The van der Waals surface area contributed by atoms with E-state index >= 15 is 0 Å². The summed E-state index contributed by atoms with van der Waals surface area (Å²) in [6, 6.07) is 12.0. The van der Waals surface area contributed by atoms with Crippen molar-refractivity contribution in [2.45, 2.75) is 13.5 Å². The van der Waals surface area contributed by atoms with Gasteiger partial charge in [0, 0.05) is 41.3 Å². The Morgan fingerprint density at radius 3 is 2.82 bits per heavy atom. The molecule has 0 aliphatic heterocycles. The average Bonchev–Trinajstić information content (AvgIpc) is 3.15. The van der Waals surface area contributed by atoms with E-state index in [0.717, 1.165) is 22.7 Å². The molecule has 4 aromatic rings. The van der Waals surface area contributed by atoms with Crippen LogP contribution >= 0.6 is 0 Å². The summed E-state index contributed by atoms with van der Waals surface area (Å²) >= 11 is 0. The lowest BCUT2D eigenvalue weighted by Gasteiger charge is -2.06. The lowest BCUT2D eigenvalue weighted by molar-refractivity contribution is 0.526. The van der Waals surface area contributed by atoms with E-state index in [1.807, 2.05) is 42.7 Å². The molecule has 4 heteroatoms. The van der Waals surface area contributed by atoms with Crippen LogP contribution in [0.1, 0.15) is 11.3 Å². The third kappa shape index (κ3) is 2.09. The first-order valence-corrected chi connectivity index (χ1v) is 7.21. The van der Waals surface area contributed by atoms with Gasteiger partial charge in [0.15, 0.2) is 0 Å². The largest absolute Gasteiger partial charge is 0.459 e. The van der Waals surface area contributed by atoms with Gasteiger partial charge in [-0.25, -0.2) is 4.98 Å². The molecule has 0 saturated carbocycles. The molecule has 4 nitrogen and oxygen atoms in total. The summed E-state index contributed by atoms with van der Waals surface area (Å²) in [5, 5.41) is 1.17. The molecular formula is C18H15N3O. The molecule has 1 aromatic carbocycles. The van der Waals surface area contributed by atoms with E-state index in [2.05, 4.69) is 27.5 Å². The number of nitrogens with zero attached hydrogens (tertiary/aromatic N) is 3. The maximum atomic E-state index is 6.00. The minimum absolute atomic E-state index is 0.657. The number of hydrogen-bond acceptors (Lipinski definition) is 3. The monoisotopic (exact) mass is 289 g/mol. The van der Waals surface area contributed by atoms with E-state index in [-0.39, 0.29) is 0 Å². The number of furan rings is 1. The summed E-state index contributed by atoms with van der Waals surface area (Å²) in [4.78, 5) is 8.61. The van der Waals surface area contributed by atoms with Gasteiger partial charge in [0.2, 0.25) is 0 Å². The lowest BCUT2D eigenvalue weighted by Crippen LogP contribution is -2.01. The minimum atomic E-state index is 0.657. The van der Waals surface area contributed by atoms with E-state index in [4.69, 9.17) is 4.42 Å². The van der Waals surface area contributed by atoms with Crippen LogP contribution in [0.4, 0.5) is 0 Å². The Hall–Kier alpha value is -2.88. The smallest absolute Gasteiger partial charge is 0.141 e. The molecular weight excluding hydrogens is 274 g/mol. The van der Waals surface area contributed by atoms with Gasteiger partial charge in [0.25, 0.3) is 0 Å². The maximum Gasteiger partial charge on any atom is 0.141 e. The molecule has 0 aliphatic rings. The molecule has 0 aliphatic carbocycles. The van der Waals surface area contributed by atoms with Crippen LogP contribution < -0.4 is 0 Å². The Balaban J connectivity index is 1.75. The van der Waals surface area contributed by atoms with Gasteiger partial charge in [0.05, 0.1) is 6.54 Å². The van der Waals surface area contributed by atoms with Crippen LogP contribution in [0.25, 0.3) is 22.4 Å². The van der Waals surface area contributed by atoms with Crippen molar-refractivity contribution in [2.24, 2.45) is 0 Å². The Morgan fingerprint density at radius 2 is 2.00 bits per heavy atom. The fraction of sp³-hybridized carbons (Fsp3) is 0.111. The van der Waals surface area contributed by atoms with Crippen molar-refractivity contribution in [3.05, 3.63) is 72.5 Å². The summed E-state index contributed by atoms with van der Waals surface area (Å²) in [6.07, 6.45) is 7.36. The van der Waals surface area contributed by atoms with Gasteiger partial charge >= 0.3 is 0 Å². The topological polar surface area (TPSA) is 43.9 Å². The highest BCUT2D eigenvalue weighted by molar-refractivity contribution is 5.81. The first kappa shape index (κ1) is 12.8. The SMILES string of the molecule is Cc1c(Cn2ccnc2-c2cccnc2)oc2ccccc12. The molecule has 0 radical (unpaired) electrons. The number of hydrogen-bond donors (Lipinski definition) is 0. The minimum Gasteiger partial charge on any atom is -0.459 e. The number of aryl methyl sites for hydroxylation is 1. The molecule has 108 valence electrons. The highest BCUT2D eigenvalue weighted by atomic mass is 16.3. The highest BCUT2D eigenvalue weighted by Crippen LogP contribution is 2.26. The number of pyridine rings is 1. The van der Waals surface area contributed by atoms with Crippen molar-refractivity contribution in [3.63, 3.8) is 0 Å². The predicted molar refractivity (Wildman–Crippen MR) is 85.5 cm³/mol. The summed E-state index contributed by atoms with van der Waals surface area (Å²) in [5.74, 6) is 1.86. The molecule has 0 unspecified atom stereocenters. The van der Waals surface area contributed by atoms with Crippen molar-refractivity contribution in [3.8, 4) is 11.4 Å².